The van der Waals surface area contributed by atoms with E-state index in [0.29, 0.717) is 12.0 Å². The highest BCUT2D eigenvalue weighted by Gasteiger charge is 2.30. The number of ether oxygens (including phenoxy) is 1. The standard InChI is InChI=1S/C12H20O2/c1-9-7-11(8-14-9)12(13)10-5-3-2-4-6-10/h5,9,11-13H,2-4,6-8H2,1H3. The van der Waals surface area contributed by atoms with Crippen LogP contribution in [-0.4, -0.2) is 23.9 Å². The van der Waals surface area contributed by atoms with Gasteiger partial charge >= 0.3 is 0 Å². The smallest absolute Gasteiger partial charge is 0.0801 e. The lowest BCUT2D eigenvalue weighted by molar-refractivity contribution is 0.0939. The van der Waals surface area contributed by atoms with Gasteiger partial charge in [0.2, 0.25) is 0 Å². The maximum atomic E-state index is 10.1. The van der Waals surface area contributed by atoms with Crippen LogP contribution in [0.2, 0.25) is 0 Å². The molecule has 1 saturated heterocycles. The maximum absolute atomic E-state index is 10.1. The predicted molar refractivity (Wildman–Crippen MR) is 56.1 cm³/mol. The monoisotopic (exact) mass is 196 g/mol. The van der Waals surface area contributed by atoms with E-state index in [0.717, 1.165) is 25.9 Å². The molecule has 1 heterocycles. The largest absolute Gasteiger partial charge is 0.388 e. The van der Waals surface area contributed by atoms with Crippen LogP contribution in [-0.2, 0) is 4.74 Å². The molecule has 1 fully saturated rings. The first-order valence-corrected chi connectivity index (χ1v) is 5.76. The summed E-state index contributed by atoms with van der Waals surface area (Å²) in [6.07, 6.45) is 8.11. The van der Waals surface area contributed by atoms with Crippen LogP contribution < -0.4 is 0 Å². The lowest BCUT2D eigenvalue weighted by Crippen LogP contribution is -2.24. The van der Waals surface area contributed by atoms with Crippen molar-refractivity contribution in [3.05, 3.63) is 11.6 Å². The molecule has 0 saturated carbocycles. The van der Waals surface area contributed by atoms with Crippen molar-refractivity contribution in [3.63, 3.8) is 0 Å². The molecule has 0 aromatic rings. The van der Waals surface area contributed by atoms with Crippen molar-refractivity contribution >= 4 is 0 Å². The molecule has 3 unspecified atom stereocenters. The second-order valence-electron chi connectivity index (χ2n) is 4.61. The van der Waals surface area contributed by atoms with Gasteiger partial charge in [-0.3, -0.25) is 0 Å². The zero-order valence-corrected chi connectivity index (χ0v) is 8.91. The molecule has 0 aromatic carbocycles. The minimum atomic E-state index is -0.236. The Hall–Kier alpha value is -0.340. The SMILES string of the molecule is CC1CC(C(O)C2=CCCCC2)CO1. The van der Waals surface area contributed by atoms with Crippen LogP contribution >= 0.6 is 0 Å². The summed E-state index contributed by atoms with van der Waals surface area (Å²) in [5.74, 6) is 0.342. The Balaban J connectivity index is 1.93. The highest BCUT2D eigenvalue weighted by molar-refractivity contribution is 5.12. The number of rotatable bonds is 2. The van der Waals surface area contributed by atoms with Gasteiger partial charge in [-0.15, -0.1) is 0 Å². The van der Waals surface area contributed by atoms with E-state index in [1.54, 1.807) is 0 Å². The number of aliphatic hydroxyl groups excluding tert-OH is 1. The second-order valence-corrected chi connectivity index (χ2v) is 4.61. The summed E-state index contributed by atoms with van der Waals surface area (Å²) in [4.78, 5) is 0. The zero-order valence-electron chi connectivity index (χ0n) is 8.91. The Kier molecular flexibility index (Phi) is 3.24. The van der Waals surface area contributed by atoms with Crippen LogP contribution in [0.4, 0.5) is 0 Å². The summed E-state index contributed by atoms with van der Waals surface area (Å²) in [6, 6.07) is 0. The molecule has 2 nitrogen and oxygen atoms in total. The molecule has 1 aliphatic carbocycles. The summed E-state index contributed by atoms with van der Waals surface area (Å²) in [6.45, 7) is 2.82. The van der Waals surface area contributed by atoms with Gasteiger partial charge in [0.05, 0.1) is 18.8 Å². The first-order chi connectivity index (χ1) is 6.77. The van der Waals surface area contributed by atoms with Gasteiger partial charge in [-0.1, -0.05) is 6.08 Å². The Bertz CT molecular complexity index is 222. The van der Waals surface area contributed by atoms with Crippen LogP contribution in [0.1, 0.15) is 39.0 Å². The van der Waals surface area contributed by atoms with E-state index >= 15 is 0 Å². The van der Waals surface area contributed by atoms with Crippen LogP contribution in [0.3, 0.4) is 0 Å². The van der Waals surface area contributed by atoms with Crippen molar-refractivity contribution in [2.75, 3.05) is 6.61 Å². The van der Waals surface area contributed by atoms with Gasteiger partial charge in [0, 0.05) is 5.92 Å². The fourth-order valence-corrected chi connectivity index (χ4v) is 2.50. The molecule has 0 radical (unpaired) electrons. The van der Waals surface area contributed by atoms with Crippen LogP contribution in [0, 0.1) is 5.92 Å². The van der Waals surface area contributed by atoms with Gasteiger partial charge < -0.3 is 9.84 Å². The molecule has 2 rings (SSSR count). The van der Waals surface area contributed by atoms with Crippen LogP contribution in [0.15, 0.2) is 11.6 Å². The molecule has 3 atom stereocenters. The molecule has 0 amide bonds. The molecule has 80 valence electrons. The van der Waals surface area contributed by atoms with Crippen LogP contribution in [0.5, 0.6) is 0 Å². The zero-order chi connectivity index (χ0) is 9.97. The molecule has 1 N–H and O–H groups in total. The summed E-state index contributed by atoms with van der Waals surface area (Å²) in [7, 11) is 0. The van der Waals surface area contributed by atoms with Crippen molar-refractivity contribution in [2.45, 2.75) is 51.2 Å². The second kappa shape index (κ2) is 4.45. The van der Waals surface area contributed by atoms with Crippen molar-refractivity contribution in [1.29, 1.82) is 0 Å². The van der Waals surface area contributed by atoms with E-state index in [1.807, 2.05) is 0 Å². The van der Waals surface area contributed by atoms with Gasteiger partial charge in [-0.05, 0) is 44.6 Å². The van der Waals surface area contributed by atoms with E-state index in [1.165, 1.54) is 18.4 Å². The quantitative estimate of drug-likeness (QED) is 0.686. The van der Waals surface area contributed by atoms with Gasteiger partial charge in [-0.25, -0.2) is 0 Å². The first-order valence-electron chi connectivity index (χ1n) is 5.76. The highest BCUT2D eigenvalue weighted by Crippen LogP contribution is 2.30. The summed E-state index contributed by atoms with van der Waals surface area (Å²) in [5.41, 5.74) is 1.26. The third kappa shape index (κ3) is 2.18. The Morgan fingerprint density at radius 3 is 2.93 bits per heavy atom. The predicted octanol–water partition coefficient (Wildman–Crippen LogP) is 2.27. The Morgan fingerprint density at radius 2 is 2.36 bits per heavy atom. The third-order valence-electron chi connectivity index (χ3n) is 3.38. The van der Waals surface area contributed by atoms with E-state index in [4.69, 9.17) is 4.74 Å². The fourth-order valence-electron chi connectivity index (χ4n) is 2.50. The Labute approximate surface area is 86.0 Å². The van der Waals surface area contributed by atoms with Gasteiger partial charge in [0.25, 0.3) is 0 Å². The molecule has 1 aliphatic heterocycles. The molecule has 0 spiro atoms. The van der Waals surface area contributed by atoms with Gasteiger partial charge in [-0.2, -0.15) is 0 Å². The average Bonchev–Trinajstić information content (AvgIpc) is 2.65. The fraction of sp³-hybridized carbons (Fsp3) is 0.833. The van der Waals surface area contributed by atoms with Gasteiger partial charge in [0.1, 0.15) is 0 Å². The normalized spacial score (nSPS) is 35.4. The first kappa shape index (κ1) is 10.2. The Morgan fingerprint density at radius 1 is 1.50 bits per heavy atom. The minimum absolute atomic E-state index is 0.236. The van der Waals surface area contributed by atoms with Crippen molar-refractivity contribution in [3.8, 4) is 0 Å². The lowest BCUT2D eigenvalue weighted by Gasteiger charge is -2.22. The lowest BCUT2D eigenvalue weighted by atomic mass is 9.87. The third-order valence-corrected chi connectivity index (χ3v) is 3.38. The molecule has 0 aromatic heterocycles. The van der Waals surface area contributed by atoms with Crippen LogP contribution in [0.25, 0.3) is 0 Å². The van der Waals surface area contributed by atoms with E-state index < -0.39 is 0 Å². The van der Waals surface area contributed by atoms with E-state index in [9.17, 15) is 5.11 Å². The highest BCUT2D eigenvalue weighted by atomic mass is 16.5. The van der Waals surface area contributed by atoms with Crippen molar-refractivity contribution in [2.24, 2.45) is 5.92 Å². The summed E-state index contributed by atoms with van der Waals surface area (Å²) < 4.78 is 5.49. The molecule has 2 aliphatic rings. The minimum Gasteiger partial charge on any atom is -0.388 e. The molecule has 0 bridgehead atoms. The van der Waals surface area contributed by atoms with E-state index in [-0.39, 0.29) is 6.10 Å². The molecule has 14 heavy (non-hydrogen) atoms. The van der Waals surface area contributed by atoms with Crippen molar-refractivity contribution in [1.82, 2.24) is 0 Å². The van der Waals surface area contributed by atoms with E-state index in [2.05, 4.69) is 13.0 Å². The molecule has 2 heteroatoms. The van der Waals surface area contributed by atoms with Crippen molar-refractivity contribution < 1.29 is 9.84 Å². The maximum Gasteiger partial charge on any atom is 0.0801 e. The summed E-state index contributed by atoms with van der Waals surface area (Å²) in [5, 5.41) is 10.1. The summed E-state index contributed by atoms with van der Waals surface area (Å²) >= 11 is 0. The number of hydrogen-bond acceptors (Lipinski definition) is 2. The molecular formula is C12H20O2. The topological polar surface area (TPSA) is 29.5 Å². The average molecular weight is 196 g/mol. The van der Waals surface area contributed by atoms with Gasteiger partial charge in [0.15, 0.2) is 0 Å². The number of hydrogen-bond donors (Lipinski definition) is 1. The number of allylic oxidation sites excluding steroid dienone is 1. The number of aliphatic hydroxyl groups is 1. The molecular weight excluding hydrogens is 176 g/mol.